The molecule has 0 aliphatic rings. The lowest BCUT2D eigenvalue weighted by Gasteiger charge is -2.26. The van der Waals surface area contributed by atoms with Gasteiger partial charge in [0.25, 0.3) is 5.56 Å². The lowest BCUT2D eigenvalue weighted by molar-refractivity contribution is -0.144. The molecule has 0 aliphatic carbocycles. The molecule has 4 rings (SSSR count). The van der Waals surface area contributed by atoms with Gasteiger partial charge in [0, 0.05) is 75.5 Å². The number of nitrogens with zero attached hydrogens (tertiary/aromatic N) is 2. The van der Waals surface area contributed by atoms with E-state index in [1.165, 1.54) is 19.9 Å². The summed E-state index contributed by atoms with van der Waals surface area (Å²) in [6, 6.07) is 12.8. The maximum Gasteiger partial charge on any atom is 0.331 e. The summed E-state index contributed by atoms with van der Waals surface area (Å²) in [5.74, 6) is -12.0. The van der Waals surface area contributed by atoms with Crippen LogP contribution in [-0.4, -0.2) is 223 Å². The third-order valence-corrected chi connectivity index (χ3v) is 17.3. The second-order valence-electron chi connectivity index (χ2n) is 25.1. The Hall–Kier alpha value is -8.81. The molecule has 13 atom stereocenters. The van der Waals surface area contributed by atoms with E-state index in [4.69, 9.17) is 15.9 Å². The number of ketones is 1. The molecule has 0 saturated heterocycles. The van der Waals surface area contributed by atoms with Crippen molar-refractivity contribution < 1.29 is 113 Å². The number of amides is 6. The van der Waals surface area contributed by atoms with Crippen molar-refractivity contribution in [3.05, 3.63) is 128 Å². The van der Waals surface area contributed by atoms with E-state index in [1.54, 1.807) is 54.6 Å². The van der Waals surface area contributed by atoms with Gasteiger partial charge in [0.1, 0.15) is 60.3 Å². The molecule has 1 aromatic heterocycles. The van der Waals surface area contributed by atoms with Crippen LogP contribution >= 0.6 is 0 Å². The van der Waals surface area contributed by atoms with Gasteiger partial charge in [-0.3, -0.25) is 57.1 Å². The zero-order valence-corrected chi connectivity index (χ0v) is 57.3. The quantitative estimate of drug-likeness (QED) is 0.0203. The molecule has 3 aromatic carbocycles. The maximum atomic E-state index is 15.0. The standard InChI is InChI=1S/C69H97F2N9O23/c1-3-40(68(101)102)31-50(83)47(22-26-56(89)74-32-51(84)61(94)63(96)53(86)36-81)77-66(99)49(24-28-59(92)93)78-65(98)48(23-27-57(90)75-33-52(85)62(95)64(97)54(87)37-82)76-58(91)20-10-5-4-6-11-29-73-55(88)25-21-39-14-12-17-42(30-39)60-38(2)79(34-43-44(70)18-13-19-45(43)71)69(103)80(67(60)100)35-46(72)41-15-8-7-9-16-41/h7-9,12-19,30,40,46-49,51-54,61-64,81-82,84-87,94-97H,3-6,10-11,20-29,31-37,72H2,1-2H3,(H,73,88)(H,74,89)(H,75,90)(H,76,91)(H,77,99)(H,78,98)(H,92,93)(H,101,102)/t40-,46+,47+,48+,49+,51-,52-,53+,54+,61+,62+,63+,64+/m0/s1. The fourth-order valence-corrected chi connectivity index (χ4v) is 11.0. The molecule has 0 unspecified atom stereocenters. The third kappa shape index (κ3) is 28.1. The molecule has 0 bridgehead atoms. The number of carboxylic acid groups (broad SMARTS) is 2. The van der Waals surface area contributed by atoms with Crippen molar-refractivity contribution in [1.29, 1.82) is 0 Å². The monoisotopic (exact) mass is 1460 g/mol. The Morgan fingerprint density at radius 3 is 1.61 bits per heavy atom. The van der Waals surface area contributed by atoms with Crippen molar-refractivity contribution in [1.82, 2.24) is 41.0 Å². The SMILES string of the molecule is CC[C@@H](CC(=O)[C@@H](CCC(=O)NC[C@H](O)[C@@H](O)[C@H](O)[C@H](O)CO)NC(=O)[C@@H](CCC(=O)O)NC(=O)[C@@H](CCC(=O)NC[C@H](O)[C@@H](O)[C@H](O)[C@H](O)CO)NC(=O)CCCCCCCNC(=O)CCc1cccc(-c2c(C)n(Cc3c(F)cccc3F)c(=O)n(C[C@@H](N)c3ccccc3)c2=O)c1)C(=O)O. The topological polar surface area (TPSA) is 539 Å². The van der Waals surface area contributed by atoms with Gasteiger partial charge in [-0.25, -0.2) is 13.6 Å². The maximum absolute atomic E-state index is 15.0. The van der Waals surface area contributed by atoms with Crippen molar-refractivity contribution in [2.24, 2.45) is 11.7 Å². The number of nitrogens with one attached hydrogen (secondary N) is 6. The Kier molecular flexibility index (Phi) is 37.0. The predicted octanol–water partition coefficient (Wildman–Crippen LogP) is -2.54. The van der Waals surface area contributed by atoms with E-state index in [9.17, 15) is 104 Å². The van der Waals surface area contributed by atoms with Crippen LogP contribution < -0.4 is 48.9 Å². The van der Waals surface area contributed by atoms with Gasteiger partial charge in [0.2, 0.25) is 35.4 Å². The number of unbranched alkanes of at least 4 members (excludes halogenated alkanes) is 4. The predicted molar refractivity (Wildman–Crippen MR) is 363 cm³/mol. The van der Waals surface area contributed by atoms with Crippen LogP contribution in [0.3, 0.4) is 0 Å². The Morgan fingerprint density at radius 1 is 0.553 bits per heavy atom. The first-order valence-electron chi connectivity index (χ1n) is 33.8. The molecule has 32 nitrogen and oxygen atoms in total. The van der Waals surface area contributed by atoms with Gasteiger partial charge in [-0.15, -0.1) is 0 Å². The Morgan fingerprint density at radius 2 is 1.06 bits per heavy atom. The Balaban J connectivity index is 1.41. The summed E-state index contributed by atoms with van der Waals surface area (Å²) in [5, 5.41) is 132. The Labute approximate surface area is 591 Å². The summed E-state index contributed by atoms with van der Waals surface area (Å²) < 4.78 is 32.1. The van der Waals surface area contributed by atoms with Gasteiger partial charge < -0.3 is 98.9 Å². The number of benzene rings is 3. The summed E-state index contributed by atoms with van der Waals surface area (Å²) >= 11 is 0. The van der Waals surface area contributed by atoms with Crippen molar-refractivity contribution >= 4 is 53.2 Å². The summed E-state index contributed by atoms with van der Waals surface area (Å²) in [5.41, 5.74) is 6.50. The van der Waals surface area contributed by atoms with E-state index in [0.717, 1.165) is 21.3 Å². The average Bonchev–Trinajstić information content (AvgIpc) is 0.761. The highest BCUT2D eigenvalue weighted by molar-refractivity contribution is 5.96. The molecule has 0 spiro atoms. The van der Waals surface area contributed by atoms with Gasteiger partial charge in [-0.1, -0.05) is 86.8 Å². The molecule has 0 radical (unpaired) electrons. The number of Topliss-reactive ketones (excluding diaryl/α,β-unsaturated/α-hetero) is 1. The van der Waals surface area contributed by atoms with E-state index in [-0.39, 0.29) is 67.9 Å². The van der Waals surface area contributed by atoms with E-state index in [0.29, 0.717) is 42.4 Å². The number of nitrogens with two attached hydrogens (primary N) is 1. The molecule has 1 heterocycles. The number of aliphatic carboxylic acids is 2. The van der Waals surface area contributed by atoms with Gasteiger partial charge in [-0.05, 0) is 80.7 Å². The number of carbonyl (C=O) groups excluding carboxylic acids is 7. The number of aryl methyl sites for hydroxylation is 1. The Bertz CT molecular complexity index is 3570. The number of carbonyl (C=O) groups is 9. The number of rotatable bonds is 48. The summed E-state index contributed by atoms with van der Waals surface area (Å²) in [6.45, 7) is -0.982. The van der Waals surface area contributed by atoms with E-state index < -0.39 is 227 Å². The number of carboxylic acids is 2. The number of aliphatic hydroxyl groups excluding tert-OH is 10. The molecule has 0 saturated carbocycles. The summed E-state index contributed by atoms with van der Waals surface area (Å²) in [4.78, 5) is 147. The van der Waals surface area contributed by atoms with E-state index in [2.05, 4.69) is 31.9 Å². The fraction of sp³-hybridized carbons (Fsp3) is 0.551. The van der Waals surface area contributed by atoms with Gasteiger partial charge >= 0.3 is 17.6 Å². The summed E-state index contributed by atoms with van der Waals surface area (Å²) in [7, 11) is 0. The highest BCUT2D eigenvalue weighted by atomic mass is 19.1. The van der Waals surface area contributed by atoms with E-state index in [1.807, 2.05) is 0 Å². The molecule has 20 N–H and O–H groups in total. The first kappa shape index (κ1) is 86.6. The van der Waals surface area contributed by atoms with Crippen LogP contribution in [0.1, 0.15) is 132 Å². The molecular formula is C69H97F2N9O23. The smallest absolute Gasteiger partial charge is 0.331 e. The minimum atomic E-state index is -2.06. The summed E-state index contributed by atoms with van der Waals surface area (Å²) in [6.07, 6.45) is -17.8. The highest BCUT2D eigenvalue weighted by Crippen LogP contribution is 2.24. The van der Waals surface area contributed by atoms with Crippen LogP contribution in [0.15, 0.2) is 82.4 Å². The number of aromatic nitrogens is 2. The molecule has 0 aliphatic heterocycles. The second-order valence-corrected chi connectivity index (χ2v) is 25.1. The minimum absolute atomic E-state index is 0.0357. The lowest BCUT2D eigenvalue weighted by atomic mass is 9.94. The normalized spacial score (nSPS) is 15.3. The first-order valence-corrected chi connectivity index (χ1v) is 33.8. The average molecular weight is 1460 g/mol. The van der Waals surface area contributed by atoms with Gasteiger partial charge in [0.05, 0.1) is 56.0 Å². The van der Waals surface area contributed by atoms with Crippen LogP contribution in [0.5, 0.6) is 0 Å². The molecule has 0 fully saturated rings. The zero-order chi connectivity index (χ0) is 76.6. The van der Waals surface area contributed by atoms with Gasteiger partial charge in [0.15, 0.2) is 5.78 Å². The van der Waals surface area contributed by atoms with Crippen molar-refractivity contribution in [3.63, 3.8) is 0 Å². The first-order chi connectivity index (χ1) is 48.8. The van der Waals surface area contributed by atoms with Crippen LogP contribution in [-0.2, 0) is 62.7 Å². The second kappa shape index (κ2) is 44.0. The van der Waals surface area contributed by atoms with Crippen LogP contribution in [0, 0.1) is 24.5 Å². The number of aliphatic hydroxyl groups is 10. The molecule has 103 heavy (non-hydrogen) atoms. The van der Waals surface area contributed by atoms with Crippen molar-refractivity contribution in [2.75, 3.05) is 32.8 Å². The number of halogens is 2. The van der Waals surface area contributed by atoms with Crippen LogP contribution in [0.25, 0.3) is 11.1 Å². The minimum Gasteiger partial charge on any atom is -0.481 e. The third-order valence-electron chi connectivity index (χ3n) is 17.3. The highest BCUT2D eigenvalue weighted by Gasteiger charge is 2.35. The molecule has 570 valence electrons. The van der Waals surface area contributed by atoms with Crippen molar-refractivity contribution in [3.8, 4) is 11.1 Å². The van der Waals surface area contributed by atoms with E-state index >= 15 is 8.78 Å². The molecule has 4 aromatic rings. The lowest BCUT2D eigenvalue weighted by Crippen LogP contribution is -2.56. The van der Waals surface area contributed by atoms with Crippen LogP contribution in [0.2, 0.25) is 0 Å². The molecule has 6 amide bonds. The number of hydrogen-bond acceptors (Lipinski definition) is 22. The fourth-order valence-electron chi connectivity index (χ4n) is 11.0. The molecular weight excluding hydrogens is 1360 g/mol. The van der Waals surface area contributed by atoms with Crippen LogP contribution in [0.4, 0.5) is 8.78 Å². The largest absolute Gasteiger partial charge is 0.481 e. The van der Waals surface area contributed by atoms with Crippen molar-refractivity contribution in [2.45, 2.75) is 203 Å². The molecule has 34 heteroatoms. The zero-order valence-electron chi connectivity index (χ0n) is 57.3. The number of hydrogen-bond donors (Lipinski definition) is 19. The van der Waals surface area contributed by atoms with Gasteiger partial charge in [-0.2, -0.15) is 0 Å².